The van der Waals surface area contributed by atoms with Crippen molar-refractivity contribution >= 4 is 17.5 Å². The smallest absolute Gasteiger partial charge is 0.274 e. The van der Waals surface area contributed by atoms with Crippen molar-refractivity contribution in [2.24, 2.45) is 0 Å². The lowest BCUT2D eigenvalue weighted by Crippen LogP contribution is -2.32. The van der Waals surface area contributed by atoms with Crippen molar-refractivity contribution in [3.63, 3.8) is 0 Å². The maximum Gasteiger partial charge on any atom is 0.274 e. The third-order valence-electron chi connectivity index (χ3n) is 6.27. The molecule has 0 saturated heterocycles. The highest BCUT2D eigenvalue weighted by Gasteiger charge is 2.28. The number of aryl methyl sites for hydroxylation is 2. The molecule has 8 heteroatoms. The summed E-state index contributed by atoms with van der Waals surface area (Å²) in [5.74, 6) is 0.697. The van der Waals surface area contributed by atoms with Crippen LogP contribution in [0.4, 0.5) is 5.69 Å². The first kappa shape index (κ1) is 24.5. The number of methoxy groups -OCH3 is 1. The third kappa shape index (κ3) is 5.89. The van der Waals surface area contributed by atoms with E-state index < -0.39 is 0 Å². The summed E-state index contributed by atoms with van der Waals surface area (Å²) < 4.78 is 7.27. The number of carbonyl (C=O) groups excluding carboxylic acids is 2. The number of aromatic nitrogens is 2. The Morgan fingerprint density at radius 1 is 1.06 bits per heavy atom. The topological polar surface area (TPSA) is 79.7 Å². The minimum absolute atomic E-state index is 0.0639. The van der Waals surface area contributed by atoms with Crippen LogP contribution < -0.4 is 10.1 Å². The highest BCUT2D eigenvalue weighted by Crippen LogP contribution is 2.26. The number of hydrogen-bond donors (Lipinski definition) is 1. The Morgan fingerprint density at radius 3 is 2.37 bits per heavy atom. The molecule has 1 N–H and O–H groups in total. The lowest BCUT2D eigenvalue weighted by Gasteiger charge is -2.28. The lowest BCUT2D eigenvalue weighted by molar-refractivity contribution is -0.114. The zero-order valence-electron chi connectivity index (χ0n) is 20.9. The molecule has 2 amide bonds. The molecular weight excluding hydrogens is 442 g/mol. The summed E-state index contributed by atoms with van der Waals surface area (Å²) in [5.41, 5.74) is 5.88. The van der Waals surface area contributed by atoms with Gasteiger partial charge in [-0.05, 0) is 41.8 Å². The summed E-state index contributed by atoms with van der Waals surface area (Å²) >= 11 is 0. The summed E-state index contributed by atoms with van der Waals surface area (Å²) in [6.07, 6.45) is 1.67. The quantitative estimate of drug-likeness (QED) is 0.541. The maximum atomic E-state index is 12.9. The molecule has 8 nitrogen and oxygen atoms in total. The molecule has 0 spiro atoms. The van der Waals surface area contributed by atoms with Crippen molar-refractivity contribution in [1.29, 1.82) is 0 Å². The van der Waals surface area contributed by atoms with Gasteiger partial charge in [0.05, 0.1) is 7.11 Å². The normalized spacial score (nSPS) is 13.3. The highest BCUT2D eigenvalue weighted by atomic mass is 16.5. The first-order chi connectivity index (χ1) is 16.8. The molecule has 3 aromatic rings. The SMILES string of the molecule is COc1ccc(CCn2nc(C(=O)N(C)C)c3c2CCN(Cc2ccc(NC(C)=O)cc2)C3)cc1. The van der Waals surface area contributed by atoms with Gasteiger partial charge < -0.3 is 15.0 Å². The molecule has 2 heterocycles. The minimum atomic E-state index is -0.0802. The van der Waals surface area contributed by atoms with E-state index in [-0.39, 0.29) is 11.8 Å². The van der Waals surface area contributed by atoms with Gasteiger partial charge in [0.1, 0.15) is 5.75 Å². The fraction of sp³-hybridized carbons (Fsp3) is 0.370. The second-order valence-electron chi connectivity index (χ2n) is 9.13. The van der Waals surface area contributed by atoms with Crippen LogP contribution in [0, 0.1) is 0 Å². The Balaban J connectivity index is 1.50. The van der Waals surface area contributed by atoms with Crippen LogP contribution >= 0.6 is 0 Å². The van der Waals surface area contributed by atoms with Crippen LogP contribution in [0.5, 0.6) is 5.75 Å². The van der Waals surface area contributed by atoms with E-state index in [4.69, 9.17) is 9.84 Å². The molecular formula is C27H33N5O3. The lowest BCUT2D eigenvalue weighted by atomic mass is 10.0. The van der Waals surface area contributed by atoms with E-state index >= 15 is 0 Å². The van der Waals surface area contributed by atoms with Crippen LogP contribution in [0.3, 0.4) is 0 Å². The van der Waals surface area contributed by atoms with Gasteiger partial charge in [-0.2, -0.15) is 5.10 Å². The Labute approximate surface area is 206 Å². The molecule has 0 aliphatic carbocycles. The Kier molecular flexibility index (Phi) is 7.51. The number of rotatable bonds is 8. The average molecular weight is 476 g/mol. The van der Waals surface area contributed by atoms with Gasteiger partial charge in [0.15, 0.2) is 5.69 Å². The summed E-state index contributed by atoms with van der Waals surface area (Å²) in [7, 11) is 5.20. The van der Waals surface area contributed by atoms with Crippen LogP contribution in [0.1, 0.15) is 39.8 Å². The fourth-order valence-corrected chi connectivity index (χ4v) is 4.43. The molecule has 2 aromatic carbocycles. The molecule has 1 aromatic heterocycles. The molecule has 4 rings (SSSR count). The highest BCUT2D eigenvalue weighted by molar-refractivity contribution is 5.93. The minimum Gasteiger partial charge on any atom is -0.497 e. The Morgan fingerprint density at radius 2 is 1.74 bits per heavy atom. The zero-order valence-corrected chi connectivity index (χ0v) is 20.9. The Bertz CT molecular complexity index is 1180. The second kappa shape index (κ2) is 10.7. The van der Waals surface area contributed by atoms with Gasteiger partial charge in [-0.3, -0.25) is 19.2 Å². The predicted molar refractivity (Wildman–Crippen MR) is 136 cm³/mol. The van der Waals surface area contributed by atoms with Crippen LogP contribution in [-0.2, 0) is 37.3 Å². The van der Waals surface area contributed by atoms with Crippen LogP contribution in [0.25, 0.3) is 0 Å². The van der Waals surface area contributed by atoms with Crippen LogP contribution in [0.2, 0.25) is 0 Å². The number of fused-ring (bicyclic) bond motifs is 1. The number of ether oxygens (including phenoxy) is 1. The number of nitrogens with zero attached hydrogens (tertiary/aromatic N) is 4. The maximum absolute atomic E-state index is 12.9. The number of anilines is 1. The zero-order chi connectivity index (χ0) is 24.9. The number of carbonyl (C=O) groups is 2. The molecule has 0 saturated carbocycles. The van der Waals surface area contributed by atoms with E-state index in [1.165, 1.54) is 12.5 Å². The van der Waals surface area contributed by atoms with E-state index in [1.807, 2.05) is 41.1 Å². The van der Waals surface area contributed by atoms with Gasteiger partial charge >= 0.3 is 0 Å². The molecule has 0 fully saturated rings. The molecule has 35 heavy (non-hydrogen) atoms. The number of benzene rings is 2. The van der Waals surface area contributed by atoms with Crippen molar-refractivity contribution in [3.05, 3.63) is 76.6 Å². The molecule has 1 aliphatic rings. The van der Waals surface area contributed by atoms with E-state index in [0.717, 1.165) is 60.7 Å². The van der Waals surface area contributed by atoms with E-state index in [1.54, 1.807) is 26.1 Å². The average Bonchev–Trinajstić information content (AvgIpc) is 3.21. The largest absolute Gasteiger partial charge is 0.497 e. The van der Waals surface area contributed by atoms with Gasteiger partial charge in [-0.1, -0.05) is 24.3 Å². The van der Waals surface area contributed by atoms with Crippen molar-refractivity contribution < 1.29 is 14.3 Å². The first-order valence-corrected chi connectivity index (χ1v) is 11.9. The van der Waals surface area contributed by atoms with Crippen LogP contribution in [-0.4, -0.2) is 59.1 Å². The molecule has 184 valence electrons. The van der Waals surface area contributed by atoms with Crippen molar-refractivity contribution in [2.45, 2.75) is 39.4 Å². The van der Waals surface area contributed by atoms with Gasteiger partial charge in [0.2, 0.25) is 5.91 Å². The molecule has 0 bridgehead atoms. The molecule has 1 aliphatic heterocycles. The van der Waals surface area contributed by atoms with Crippen molar-refractivity contribution in [3.8, 4) is 5.75 Å². The first-order valence-electron chi connectivity index (χ1n) is 11.9. The van der Waals surface area contributed by atoms with Crippen LogP contribution in [0.15, 0.2) is 48.5 Å². The monoisotopic (exact) mass is 475 g/mol. The van der Waals surface area contributed by atoms with E-state index in [2.05, 4.69) is 22.3 Å². The predicted octanol–water partition coefficient (Wildman–Crippen LogP) is 3.35. The molecule has 0 unspecified atom stereocenters. The number of hydrogen-bond acceptors (Lipinski definition) is 5. The Hall–Kier alpha value is -3.65. The van der Waals surface area contributed by atoms with E-state index in [0.29, 0.717) is 12.2 Å². The second-order valence-corrected chi connectivity index (χ2v) is 9.13. The summed E-state index contributed by atoms with van der Waals surface area (Å²) in [4.78, 5) is 28.1. The van der Waals surface area contributed by atoms with Gasteiger partial charge in [0, 0.05) is 70.6 Å². The van der Waals surface area contributed by atoms with Crippen molar-refractivity contribution in [2.75, 3.05) is 33.1 Å². The van der Waals surface area contributed by atoms with Gasteiger partial charge in [0.25, 0.3) is 5.91 Å². The fourth-order valence-electron chi connectivity index (χ4n) is 4.43. The summed E-state index contributed by atoms with van der Waals surface area (Å²) in [6, 6.07) is 16.0. The number of amides is 2. The molecule has 0 radical (unpaired) electrons. The third-order valence-corrected chi connectivity index (χ3v) is 6.27. The van der Waals surface area contributed by atoms with E-state index in [9.17, 15) is 9.59 Å². The number of nitrogens with one attached hydrogen (secondary N) is 1. The van der Waals surface area contributed by atoms with Gasteiger partial charge in [-0.25, -0.2) is 0 Å². The summed E-state index contributed by atoms with van der Waals surface area (Å²) in [5, 5.41) is 7.58. The standard InChI is InChI=1S/C27H33N5O3/c1-19(33)28-22-9-5-21(6-10-22)17-31-15-14-25-24(18-31)26(27(34)30(2)3)29-32(25)16-13-20-7-11-23(35-4)12-8-20/h5-12H,13-18H2,1-4H3,(H,28,33). The molecule has 0 atom stereocenters. The van der Waals surface area contributed by atoms with Crippen molar-refractivity contribution in [1.82, 2.24) is 19.6 Å². The van der Waals surface area contributed by atoms with Gasteiger partial charge in [-0.15, -0.1) is 0 Å². The summed E-state index contributed by atoms with van der Waals surface area (Å²) in [6.45, 7) is 4.57.